The van der Waals surface area contributed by atoms with Gasteiger partial charge in [-0.25, -0.2) is 8.42 Å². The van der Waals surface area contributed by atoms with Crippen LogP contribution in [0.2, 0.25) is 0 Å². The lowest BCUT2D eigenvalue weighted by Gasteiger charge is -2.36. The van der Waals surface area contributed by atoms with Crippen molar-refractivity contribution >= 4 is 27.5 Å². The van der Waals surface area contributed by atoms with Crippen molar-refractivity contribution in [3.63, 3.8) is 0 Å². The summed E-state index contributed by atoms with van der Waals surface area (Å²) in [6.45, 7) is 5.37. The predicted molar refractivity (Wildman–Crippen MR) is 148 cm³/mol. The van der Waals surface area contributed by atoms with Crippen LogP contribution in [0.3, 0.4) is 0 Å². The number of nitrogens with zero attached hydrogens (tertiary/aromatic N) is 2. The first-order chi connectivity index (χ1) is 19.0. The predicted octanol–water partition coefficient (Wildman–Crippen LogP) is 3.65. The molecule has 0 saturated heterocycles. The average molecular weight is 610 g/mol. The van der Waals surface area contributed by atoms with E-state index in [1.165, 1.54) is 35.0 Å². The van der Waals surface area contributed by atoms with Crippen LogP contribution in [0, 0.1) is 5.92 Å². The minimum atomic E-state index is -4.44. The summed E-state index contributed by atoms with van der Waals surface area (Å²) in [7, 11) is -2.21. The molecule has 1 aliphatic heterocycles. The fourth-order valence-electron chi connectivity index (χ4n) is 4.47. The molecule has 41 heavy (non-hydrogen) atoms. The van der Waals surface area contributed by atoms with E-state index in [-0.39, 0.29) is 42.8 Å². The number of alkyl halides is 3. The molecular formula is C27H42F3N3O7S. The summed E-state index contributed by atoms with van der Waals surface area (Å²) in [4.78, 5) is 29.0. The van der Waals surface area contributed by atoms with Gasteiger partial charge in [-0.3, -0.25) is 14.3 Å². The van der Waals surface area contributed by atoms with Crippen LogP contribution in [-0.2, 0) is 19.6 Å². The molecule has 0 spiro atoms. The van der Waals surface area contributed by atoms with E-state index in [9.17, 15) is 36.3 Å². The topological polar surface area (TPSA) is 125 Å². The van der Waals surface area contributed by atoms with Crippen molar-refractivity contribution < 1.29 is 45.8 Å². The van der Waals surface area contributed by atoms with Gasteiger partial charge in [0, 0.05) is 44.8 Å². The number of aliphatic hydroxyl groups excluding tert-OH is 1. The molecule has 4 atom stereocenters. The minimum Gasteiger partial charge on any atom is -0.490 e. The highest BCUT2D eigenvalue weighted by Gasteiger charge is 2.32. The molecule has 2 amide bonds. The lowest BCUT2D eigenvalue weighted by atomic mass is 10.0. The maximum atomic E-state index is 13.9. The van der Waals surface area contributed by atoms with Crippen LogP contribution in [0.25, 0.3) is 0 Å². The van der Waals surface area contributed by atoms with Crippen LogP contribution in [0.4, 0.5) is 18.9 Å². The van der Waals surface area contributed by atoms with E-state index < -0.39 is 58.9 Å². The molecule has 0 aromatic heterocycles. The summed E-state index contributed by atoms with van der Waals surface area (Å²) in [6.07, 6.45) is -4.20. The Hall–Kier alpha value is -2.58. The number of fused-ring (bicyclic) bond motifs is 1. The Morgan fingerprint density at radius 1 is 1.27 bits per heavy atom. The Morgan fingerprint density at radius 3 is 2.56 bits per heavy atom. The molecule has 10 nitrogen and oxygen atoms in total. The number of sulfonamides is 1. The molecule has 0 radical (unpaired) electrons. The summed E-state index contributed by atoms with van der Waals surface area (Å²) >= 11 is 0. The van der Waals surface area contributed by atoms with Crippen molar-refractivity contribution in [2.45, 2.75) is 77.3 Å². The van der Waals surface area contributed by atoms with Gasteiger partial charge in [0.15, 0.2) is 0 Å². The number of hydrogen-bond donors (Lipinski definition) is 2. The molecule has 2 rings (SSSR count). The number of ether oxygens (including phenoxy) is 2. The summed E-state index contributed by atoms with van der Waals surface area (Å²) < 4.78 is 76.2. The highest BCUT2D eigenvalue weighted by Crippen LogP contribution is 2.29. The zero-order chi connectivity index (χ0) is 31.0. The number of aliphatic hydroxyl groups is 1. The van der Waals surface area contributed by atoms with Crippen LogP contribution in [0.15, 0.2) is 18.2 Å². The fraction of sp³-hybridized carbons (Fsp3) is 0.704. The molecule has 1 aromatic rings. The Morgan fingerprint density at radius 2 is 1.95 bits per heavy atom. The van der Waals surface area contributed by atoms with E-state index >= 15 is 0 Å². The van der Waals surface area contributed by atoms with Crippen molar-refractivity contribution in [3.8, 4) is 5.75 Å². The first-order valence-electron chi connectivity index (χ1n) is 13.6. The number of hydrogen-bond acceptors (Lipinski definition) is 7. The Labute approximate surface area is 240 Å². The Kier molecular flexibility index (Phi) is 12.7. The van der Waals surface area contributed by atoms with Gasteiger partial charge in [0.05, 0.1) is 43.1 Å². The van der Waals surface area contributed by atoms with E-state index in [1.54, 1.807) is 13.8 Å². The molecule has 1 aromatic carbocycles. The normalized spacial score (nSPS) is 22.2. The van der Waals surface area contributed by atoms with Crippen molar-refractivity contribution in [2.75, 3.05) is 44.3 Å². The van der Waals surface area contributed by atoms with E-state index in [1.807, 2.05) is 6.92 Å². The molecular weight excluding hydrogens is 567 g/mol. The number of carbonyl (C=O) groups is 2. The van der Waals surface area contributed by atoms with E-state index in [0.29, 0.717) is 19.4 Å². The second-order valence-corrected chi connectivity index (χ2v) is 12.5. The zero-order valence-electron chi connectivity index (χ0n) is 24.2. The van der Waals surface area contributed by atoms with Crippen molar-refractivity contribution in [1.82, 2.24) is 9.80 Å². The first-order valence-corrected chi connectivity index (χ1v) is 15.5. The largest absolute Gasteiger partial charge is 0.490 e. The van der Waals surface area contributed by atoms with Gasteiger partial charge in [0.1, 0.15) is 5.75 Å². The van der Waals surface area contributed by atoms with Gasteiger partial charge in [-0.05, 0) is 51.3 Å². The molecule has 2 N–H and O–H groups in total. The number of benzene rings is 1. The average Bonchev–Trinajstić information content (AvgIpc) is 2.87. The Bertz CT molecular complexity index is 1130. The summed E-state index contributed by atoms with van der Waals surface area (Å²) in [6, 6.07) is 3.77. The van der Waals surface area contributed by atoms with Gasteiger partial charge in [0.25, 0.3) is 5.91 Å². The van der Waals surface area contributed by atoms with Crippen LogP contribution < -0.4 is 9.46 Å². The molecule has 1 heterocycles. The van der Waals surface area contributed by atoms with Gasteiger partial charge in [-0.1, -0.05) is 6.92 Å². The maximum Gasteiger partial charge on any atom is 0.389 e. The lowest BCUT2D eigenvalue weighted by molar-refractivity contribution is -0.149. The SMILES string of the molecule is C[C@@H]1CCCCO[C@@H](CN(C)C(=O)CCC(F)(F)F)[C@@H](C)CN([C@H](C)CO)C(=O)c2cc(NS(C)(=O)=O)ccc2O1. The molecule has 0 aliphatic carbocycles. The third kappa shape index (κ3) is 11.7. The van der Waals surface area contributed by atoms with E-state index in [0.717, 1.165) is 12.7 Å². The van der Waals surface area contributed by atoms with Gasteiger partial charge >= 0.3 is 6.18 Å². The number of carbonyl (C=O) groups excluding carboxylic acids is 2. The van der Waals surface area contributed by atoms with Crippen LogP contribution >= 0.6 is 0 Å². The summed E-state index contributed by atoms with van der Waals surface area (Å²) in [5, 5.41) is 9.98. The van der Waals surface area contributed by atoms with Gasteiger partial charge < -0.3 is 24.4 Å². The third-order valence-electron chi connectivity index (χ3n) is 6.86. The van der Waals surface area contributed by atoms with Gasteiger partial charge in [-0.2, -0.15) is 13.2 Å². The summed E-state index contributed by atoms with van der Waals surface area (Å²) in [5.41, 5.74) is 0.272. The highest BCUT2D eigenvalue weighted by atomic mass is 32.2. The Balaban J connectivity index is 2.42. The van der Waals surface area contributed by atoms with Gasteiger partial charge in [-0.15, -0.1) is 0 Å². The van der Waals surface area contributed by atoms with Crippen molar-refractivity contribution in [2.24, 2.45) is 5.92 Å². The van der Waals surface area contributed by atoms with E-state index in [4.69, 9.17) is 9.47 Å². The second-order valence-electron chi connectivity index (χ2n) is 10.8. The maximum absolute atomic E-state index is 13.9. The molecule has 0 bridgehead atoms. The lowest BCUT2D eigenvalue weighted by Crippen LogP contribution is -2.48. The van der Waals surface area contributed by atoms with Crippen LogP contribution in [-0.4, -0.2) is 99.2 Å². The zero-order valence-corrected chi connectivity index (χ0v) is 25.1. The monoisotopic (exact) mass is 609 g/mol. The summed E-state index contributed by atoms with van der Waals surface area (Å²) in [5.74, 6) is -1.30. The second kappa shape index (κ2) is 15.1. The molecule has 234 valence electrons. The number of anilines is 1. The third-order valence-corrected chi connectivity index (χ3v) is 7.46. The van der Waals surface area contributed by atoms with Gasteiger partial charge in [0.2, 0.25) is 15.9 Å². The minimum absolute atomic E-state index is 0.0198. The van der Waals surface area contributed by atoms with Crippen molar-refractivity contribution in [1.29, 1.82) is 0 Å². The molecule has 0 fully saturated rings. The number of rotatable bonds is 8. The molecule has 0 saturated carbocycles. The smallest absolute Gasteiger partial charge is 0.389 e. The van der Waals surface area contributed by atoms with Crippen LogP contribution in [0.5, 0.6) is 5.75 Å². The number of nitrogens with one attached hydrogen (secondary N) is 1. The quantitative estimate of drug-likeness (QED) is 0.461. The molecule has 14 heteroatoms. The van der Waals surface area contributed by atoms with Crippen molar-refractivity contribution in [3.05, 3.63) is 23.8 Å². The number of likely N-dealkylation sites (N-methyl/N-ethyl adjacent to an activating group) is 1. The molecule has 0 unspecified atom stereocenters. The highest BCUT2D eigenvalue weighted by molar-refractivity contribution is 7.92. The fourth-order valence-corrected chi connectivity index (χ4v) is 5.03. The number of halogens is 3. The molecule has 1 aliphatic rings. The van der Waals surface area contributed by atoms with E-state index in [2.05, 4.69) is 4.72 Å². The number of amides is 2. The standard InChI is InChI=1S/C27H42F3N3O7S/c1-18-15-33(19(2)17-34)26(36)22-14-21(31-41(5,37)38)9-10-23(22)40-20(3)8-6-7-13-39-24(18)16-32(4)25(35)11-12-27(28,29)30/h9-10,14,18-20,24,31,34H,6-8,11-13,15-17H2,1-5H3/t18-,19+,20+,24-/m0/s1. The van der Waals surface area contributed by atoms with Crippen LogP contribution in [0.1, 0.15) is 63.2 Å². The first kappa shape index (κ1) is 34.6.